The molecule has 74 valence electrons. The molecule has 0 saturated carbocycles. The van der Waals surface area contributed by atoms with E-state index in [2.05, 4.69) is 0 Å². The van der Waals surface area contributed by atoms with Crippen molar-refractivity contribution in [3.8, 4) is 0 Å². The first-order valence-corrected chi connectivity index (χ1v) is 3.66. The molecule has 0 aromatic heterocycles. The minimum atomic E-state index is -2.32. The van der Waals surface area contributed by atoms with Crippen LogP contribution in [0.5, 0.6) is 0 Å². The predicted molar refractivity (Wildman–Crippen MR) is 39.3 cm³/mol. The van der Waals surface area contributed by atoms with Crippen LogP contribution in [0.15, 0.2) is 23.9 Å². The summed E-state index contributed by atoms with van der Waals surface area (Å²) in [7, 11) is 0. The minimum Gasteiger partial charge on any atom is -0.457 e. The summed E-state index contributed by atoms with van der Waals surface area (Å²) in [6.07, 6.45) is -1.75. The molecule has 2 nitrogen and oxygen atoms in total. The first-order chi connectivity index (χ1) is 5.91. The average molecular weight is 194 g/mol. The quantitative estimate of drug-likeness (QED) is 0.672. The molecule has 0 bridgehead atoms. The van der Waals surface area contributed by atoms with Crippen LogP contribution in [-0.2, 0) is 9.47 Å². The van der Waals surface area contributed by atoms with Crippen LogP contribution >= 0.6 is 0 Å². The molecule has 0 spiro atoms. The third kappa shape index (κ3) is 2.68. The van der Waals surface area contributed by atoms with E-state index in [1.54, 1.807) is 13.8 Å². The molecule has 1 aliphatic rings. The highest BCUT2D eigenvalue weighted by atomic mass is 19.3. The van der Waals surface area contributed by atoms with Crippen LogP contribution in [0.2, 0.25) is 0 Å². The highest BCUT2D eigenvalue weighted by Crippen LogP contribution is 2.29. The molecule has 5 heteroatoms. The normalized spacial score (nSPS) is 18.7. The zero-order valence-corrected chi connectivity index (χ0v) is 7.23. The van der Waals surface area contributed by atoms with Crippen LogP contribution in [0, 0.1) is 0 Å². The highest BCUT2D eigenvalue weighted by molar-refractivity contribution is 5.06. The molecule has 1 heterocycles. The summed E-state index contributed by atoms with van der Waals surface area (Å²) in [6, 6.07) is 0. The number of rotatable bonds is 2. The molecular weight excluding hydrogens is 185 g/mol. The Labute approximate surface area is 73.6 Å². The van der Waals surface area contributed by atoms with Crippen LogP contribution in [0.3, 0.4) is 0 Å². The Hall–Kier alpha value is -1.13. The zero-order chi connectivity index (χ0) is 10.1. The lowest BCUT2D eigenvalue weighted by Crippen LogP contribution is -2.20. The van der Waals surface area contributed by atoms with Gasteiger partial charge in [-0.15, -0.1) is 0 Å². The van der Waals surface area contributed by atoms with E-state index in [0.29, 0.717) is 0 Å². The molecule has 0 radical (unpaired) electrons. The molecule has 1 aliphatic heterocycles. The third-order valence-electron chi connectivity index (χ3n) is 1.39. The van der Waals surface area contributed by atoms with Crippen LogP contribution in [0.4, 0.5) is 13.2 Å². The van der Waals surface area contributed by atoms with E-state index in [-0.39, 0.29) is 5.76 Å². The number of hydrogen-bond acceptors (Lipinski definition) is 2. The Balaban J connectivity index is 2.55. The average Bonchev–Trinajstić information content (AvgIpc) is 2.30. The lowest BCUT2D eigenvalue weighted by molar-refractivity contribution is -0.117. The molecule has 13 heavy (non-hydrogen) atoms. The first-order valence-electron chi connectivity index (χ1n) is 3.66. The van der Waals surface area contributed by atoms with E-state index >= 15 is 0 Å². The molecule has 0 amide bonds. The lowest BCUT2D eigenvalue weighted by atomic mass is 10.3. The predicted octanol–water partition coefficient (Wildman–Crippen LogP) is 3.08. The first kappa shape index (κ1) is 9.95. The van der Waals surface area contributed by atoms with Gasteiger partial charge >= 0.3 is 6.08 Å². The molecule has 0 aromatic rings. The molecule has 0 unspecified atom stereocenters. The smallest absolute Gasteiger partial charge is 0.301 e. The number of halogens is 3. The van der Waals surface area contributed by atoms with Crippen molar-refractivity contribution < 1.29 is 22.6 Å². The van der Waals surface area contributed by atoms with Gasteiger partial charge in [-0.3, -0.25) is 0 Å². The molecular formula is C8H9F3O2. The van der Waals surface area contributed by atoms with Gasteiger partial charge in [0.2, 0.25) is 5.79 Å². The van der Waals surface area contributed by atoms with E-state index < -0.39 is 24.1 Å². The summed E-state index contributed by atoms with van der Waals surface area (Å²) < 4.78 is 45.6. The van der Waals surface area contributed by atoms with E-state index in [0.717, 1.165) is 6.26 Å². The zero-order valence-electron chi connectivity index (χ0n) is 7.23. The molecule has 1 rings (SSSR count). The Morgan fingerprint density at radius 2 is 2.00 bits per heavy atom. The van der Waals surface area contributed by atoms with Gasteiger partial charge in [-0.2, -0.15) is 8.78 Å². The van der Waals surface area contributed by atoms with Gasteiger partial charge in [0.15, 0.2) is 5.83 Å². The maximum absolute atomic E-state index is 12.4. The number of hydrogen-bond donors (Lipinski definition) is 0. The van der Waals surface area contributed by atoms with Crippen LogP contribution in [0.25, 0.3) is 0 Å². The molecule has 0 fully saturated rings. The largest absolute Gasteiger partial charge is 0.457 e. The van der Waals surface area contributed by atoms with Crippen molar-refractivity contribution in [1.82, 2.24) is 0 Å². The van der Waals surface area contributed by atoms with Gasteiger partial charge in [0, 0.05) is 13.8 Å². The summed E-state index contributed by atoms with van der Waals surface area (Å²) in [5.74, 6) is -2.31. The number of ether oxygens (including phenoxy) is 2. The van der Waals surface area contributed by atoms with Crippen LogP contribution < -0.4 is 0 Å². The van der Waals surface area contributed by atoms with Gasteiger partial charge in [-0.1, -0.05) is 0 Å². The van der Waals surface area contributed by atoms with Crippen molar-refractivity contribution in [2.24, 2.45) is 0 Å². The minimum absolute atomic E-state index is 0.0651. The fourth-order valence-electron chi connectivity index (χ4n) is 0.869. The van der Waals surface area contributed by atoms with E-state index in [4.69, 9.17) is 9.47 Å². The van der Waals surface area contributed by atoms with E-state index in [9.17, 15) is 13.2 Å². The van der Waals surface area contributed by atoms with Crippen LogP contribution in [0.1, 0.15) is 20.3 Å². The summed E-state index contributed by atoms with van der Waals surface area (Å²) in [5.41, 5.74) is 0. The second kappa shape index (κ2) is 3.32. The maximum Gasteiger partial charge on any atom is 0.301 e. The fourth-order valence-corrected chi connectivity index (χ4v) is 0.869. The summed E-state index contributed by atoms with van der Waals surface area (Å²) in [6.45, 7) is 3.20. The van der Waals surface area contributed by atoms with Gasteiger partial charge in [0.1, 0.15) is 12.0 Å². The number of allylic oxidation sites excluding steroid dienone is 1. The SMILES string of the molecule is CC1(C)OC=C(CC(F)=C(F)F)O1. The monoisotopic (exact) mass is 194 g/mol. The van der Waals surface area contributed by atoms with Crippen molar-refractivity contribution in [2.75, 3.05) is 0 Å². The van der Waals surface area contributed by atoms with Gasteiger partial charge in [-0.05, 0) is 0 Å². The Morgan fingerprint density at radius 1 is 1.38 bits per heavy atom. The summed E-state index contributed by atoms with van der Waals surface area (Å²) >= 11 is 0. The third-order valence-corrected chi connectivity index (χ3v) is 1.39. The fraction of sp³-hybridized carbons (Fsp3) is 0.500. The molecule has 0 N–H and O–H groups in total. The van der Waals surface area contributed by atoms with Gasteiger partial charge in [-0.25, -0.2) is 4.39 Å². The van der Waals surface area contributed by atoms with Crippen molar-refractivity contribution >= 4 is 0 Å². The van der Waals surface area contributed by atoms with Crippen molar-refractivity contribution in [1.29, 1.82) is 0 Å². The Kier molecular flexibility index (Phi) is 2.54. The molecule has 0 aliphatic carbocycles. The molecule has 0 aromatic carbocycles. The van der Waals surface area contributed by atoms with Crippen molar-refractivity contribution in [2.45, 2.75) is 26.1 Å². The van der Waals surface area contributed by atoms with Gasteiger partial charge in [0.05, 0.1) is 6.42 Å². The standard InChI is InChI=1S/C8H9F3O2/c1-8(2)12-4-5(13-8)3-6(9)7(10)11/h4H,3H2,1-2H3. The van der Waals surface area contributed by atoms with Crippen molar-refractivity contribution in [3.63, 3.8) is 0 Å². The Bertz CT molecular complexity index is 265. The topological polar surface area (TPSA) is 18.5 Å². The summed E-state index contributed by atoms with van der Waals surface area (Å²) in [4.78, 5) is 0. The summed E-state index contributed by atoms with van der Waals surface area (Å²) in [5, 5.41) is 0. The van der Waals surface area contributed by atoms with Crippen LogP contribution in [-0.4, -0.2) is 5.79 Å². The molecule has 0 atom stereocenters. The van der Waals surface area contributed by atoms with E-state index in [1.165, 1.54) is 0 Å². The second-order valence-corrected chi connectivity index (χ2v) is 3.05. The maximum atomic E-state index is 12.4. The second-order valence-electron chi connectivity index (χ2n) is 3.05. The van der Waals surface area contributed by atoms with E-state index in [1.807, 2.05) is 0 Å². The van der Waals surface area contributed by atoms with Crippen molar-refractivity contribution in [3.05, 3.63) is 23.9 Å². The highest BCUT2D eigenvalue weighted by Gasteiger charge is 2.28. The lowest BCUT2D eigenvalue weighted by Gasteiger charge is -2.17. The molecule has 0 saturated heterocycles. The Morgan fingerprint density at radius 3 is 2.38 bits per heavy atom. The van der Waals surface area contributed by atoms with Gasteiger partial charge < -0.3 is 9.47 Å². The van der Waals surface area contributed by atoms with Gasteiger partial charge in [0.25, 0.3) is 0 Å².